The normalized spacial score (nSPS) is 11.2. The zero-order valence-corrected chi connectivity index (χ0v) is 17.5. The van der Waals surface area contributed by atoms with Crippen molar-refractivity contribution in [1.29, 1.82) is 5.41 Å². The van der Waals surface area contributed by atoms with Crippen LogP contribution >= 0.6 is 0 Å². The fourth-order valence-corrected chi connectivity index (χ4v) is 3.20. The van der Waals surface area contributed by atoms with Gasteiger partial charge in [0.05, 0.1) is 18.0 Å². The molecule has 0 spiro atoms. The van der Waals surface area contributed by atoms with E-state index in [1.807, 2.05) is 67.7 Å². The summed E-state index contributed by atoms with van der Waals surface area (Å²) >= 11 is 0. The smallest absolute Gasteiger partial charge is 0.209 e. The number of nitrogens with zero attached hydrogens (tertiary/aromatic N) is 4. The van der Waals surface area contributed by atoms with Crippen molar-refractivity contribution < 1.29 is 4.74 Å². The minimum Gasteiger partial charge on any atom is -0.492 e. The lowest BCUT2D eigenvalue weighted by Crippen LogP contribution is -2.19. The van der Waals surface area contributed by atoms with Crippen LogP contribution in [-0.4, -0.2) is 32.4 Å². The first-order valence-electron chi connectivity index (χ1n) is 10.1. The fourth-order valence-electron chi connectivity index (χ4n) is 3.20. The van der Waals surface area contributed by atoms with Gasteiger partial charge in [0, 0.05) is 42.6 Å². The third-order valence-corrected chi connectivity index (χ3v) is 4.63. The van der Waals surface area contributed by atoms with Crippen molar-refractivity contribution in [1.82, 2.24) is 19.6 Å². The molecule has 4 rings (SSSR count). The van der Waals surface area contributed by atoms with Crippen molar-refractivity contribution in [2.45, 2.75) is 6.92 Å². The average Bonchev–Trinajstić information content (AvgIpc) is 3.35. The topological polar surface area (TPSA) is 97.8 Å². The van der Waals surface area contributed by atoms with Crippen molar-refractivity contribution in [2.75, 3.05) is 11.9 Å². The van der Waals surface area contributed by atoms with Crippen LogP contribution in [0.15, 0.2) is 90.1 Å². The minimum absolute atomic E-state index is 0.193. The molecule has 4 aromatic rings. The number of hydrogen-bond donors (Lipinski definition) is 2. The van der Waals surface area contributed by atoms with Gasteiger partial charge in [-0.05, 0) is 43.3 Å². The SMILES string of the molecule is CCOc1cc(-n2cccn2)ccc1-n1ccc(=O)c(/C(=C/C=N)Nc2ccccc2)n1. The molecule has 0 fully saturated rings. The van der Waals surface area contributed by atoms with Crippen molar-refractivity contribution in [3.8, 4) is 17.1 Å². The molecule has 8 nitrogen and oxygen atoms in total. The van der Waals surface area contributed by atoms with Crippen molar-refractivity contribution in [3.63, 3.8) is 0 Å². The summed E-state index contributed by atoms with van der Waals surface area (Å²) in [7, 11) is 0. The highest BCUT2D eigenvalue weighted by Gasteiger charge is 2.13. The van der Waals surface area contributed by atoms with Crippen LogP contribution in [0.5, 0.6) is 5.75 Å². The summed E-state index contributed by atoms with van der Waals surface area (Å²) in [6.45, 7) is 2.38. The molecule has 0 aliphatic heterocycles. The van der Waals surface area contributed by atoms with Crippen LogP contribution < -0.4 is 15.5 Å². The summed E-state index contributed by atoms with van der Waals surface area (Å²) < 4.78 is 9.20. The summed E-state index contributed by atoms with van der Waals surface area (Å²) in [5.41, 5.74) is 2.67. The van der Waals surface area contributed by atoms with Crippen LogP contribution in [0.2, 0.25) is 0 Å². The molecule has 0 saturated carbocycles. The first-order chi connectivity index (χ1) is 15.7. The summed E-state index contributed by atoms with van der Waals surface area (Å²) in [5.74, 6) is 0.608. The van der Waals surface area contributed by atoms with E-state index in [2.05, 4.69) is 15.5 Å². The summed E-state index contributed by atoms with van der Waals surface area (Å²) in [4.78, 5) is 12.7. The largest absolute Gasteiger partial charge is 0.492 e. The van der Waals surface area contributed by atoms with Gasteiger partial charge in [-0.1, -0.05) is 18.2 Å². The standard InChI is InChI=1S/C24H22N6O2/c1-2-32-23-17-19(29-15-6-14-26-29)9-10-21(23)30-16-12-22(31)24(28-30)20(11-13-25)27-18-7-4-3-5-8-18/h3-17,25,27H,2H2,1H3/b20-11-,25-13?. The van der Waals surface area contributed by atoms with Crippen LogP contribution in [0.3, 0.4) is 0 Å². The van der Waals surface area contributed by atoms with Crippen LogP contribution in [-0.2, 0) is 0 Å². The lowest BCUT2D eigenvalue weighted by molar-refractivity contribution is 0.338. The molecule has 0 radical (unpaired) electrons. The van der Waals surface area contributed by atoms with E-state index in [1.54, 1.807) is 21.8 Å². The molecule has 160 valence electrons. The Morgan fingerprint density at radius 2 is 1.94 bits per heavy atom. The van der Waals surface area contributed by atoms with E-state index in [1.165, 1.54) is 12.1 Å². The van der Waals surface area contributed by atoms with Gasteiger partial charge in [-0.25, -0.2) is 9.36 Å². The molecular weight excluding hydrogens is 404 g/mol. The third-order valence-electron chi connectivity index (χ3n) is 4.63. The first-order valence-corrected chi connectivity index (χ1v) is 10.1. The Morgan fingerprint density at radius 3 is 2.66 bits per heavy atom. The number of nitrogens with one attached hydrogen (secondary N) is 2. The summed E-state index contributed by atoms with van der Waals surface area (Å²) in [6, 6.07) is 18.4. The Hall–Kier alpha value is -4.46. The van der Waals surface area contributed by atoms with Gasteiger partial charge in [-0.2, -0.15) is 10.2 Å². The Labute approximate surface area is 184 Å². The van der Waals surface area contributed by atoms with Crippen molar-refractivity contribution in [2.24, 2.45) is 0 Å². The van der Waals surface area contributed by atoms with Gasteiger partial charge in [-0.3, -0.25) is 4.79 Å². The molecule has 0 saturated heterocycles. The van der Waals surface area contributed by atoms with E-state index in [9.17, 15) is 4.79 Å². The number of anilines is 1. The second kappa shape index (κ2) is 9.57. The Balaban J connectivity index is 1.77. The molecule has 8 heteroatoms. The predicted octanol–water partition coefficient (Wildman–Crippen LogP) is 3.92. The van der Waals surface area contributed by atoms with E-state index < -0.39 is 0 Å². The molecular formula is C24H22N6O2. The molecule has 0 bridgehead atoms. The van der Waals surface area contributed by atoms with Crippen molar-refractivity contribution in [3.05, 3.63) is 101 Å². The molecule has 0 amide bonds. The minimum atomic E-state index is -0.260. The van der Waals surface area contributed by atoms with Gasteiger partial charge in [0.1, 0.15) is 11.4 Å². The second-order valence-corrected chi connectivity index (χ2v) is 6.75. The Kier molecular flexibility index (Phi) is 6.22. The highest BCUT2D eigenvalue weighted by molar-refractivity contribution is 5.86. The molecule has 32 heavy (non-hydrogen) atoms. The van der Waals surface area contributed by atoms with Gasteiger partial charge < -0.3 is 15.5 Å². The molecule has 2 aromatic carbocycles. The van der Waals surface area contributed by atoms with Crippen molar-refractivity contribution >= 4 is 17.6 Å². The number of rotatable bonds is 8. The molecule has 2 aromatic heterocycles. The number of hydrogen-bond acceptors (Lipinski definition) is 6. The van der Waals surface area contributed by atoms with Crippen LogP contribution in [0.1, 0.15) is 12.6 Å². The highest BCUT2D eigenvalue weighted by atomic mass is 16.5. The lowest BCUT2D eigenvalue weighted by Gasteiger charge is -2.15. The second-order valence-electron chi connectivity index (χ2n) is 6.75. The van der Waals surface area contributed by atoms with Gasteiger partial charge in [0.25, 0.3) is 0 Å². The highest BCUT2D eigenvalue weighted by Crippen LogP contribution is 2.26. The number of allylic oxidation sites excluding steroid dienone is 1. The zero-order valence-electron chi connectivity index (χ0n) is 17.5. The summed E-state index contributed by atoms with van der Waals surface area (Å²) in [5, 5.41) is 19.5. The van der Waals surface area contributed by atoms with Gasteiger partial charge in [0.2, 0.25) is 5.43 Å². The van der Waals surface area contributed by atoms with Gasteiger partial charge in [-0.15, -0.1) is 0 Å². The first kappa shape index (κ1) is 20.8. The molecule has 0 atom stereocenters. The number of ether oxygens (including phenoxy) is 1. The maximum Gasteiger partial charge on any atom is 0.209 e. The zero-order chi connectivity index (χ0) is 22.3. The van der Waals surface area contributed by atoms with E-state index in [0.717, 1.165) is 17.6 Å². The Bertz CT molecular complexity index is 1290. The monoisotopic (exact) mass is 426 g/mol. The average molecular weight is 426 g/mol. The molecule has 0 unspecified atom stereocenters. The van der Waals surface area contributed by atoms with Crippen LogP contribution in [0.25, 0.3) is 17.1 Å². The number of para-hydroxylation sites is 1. The third kappa shape index (κ3) is 4.49. The molecule has 2 heterocycles. The Morgan fingerprint density at radius 1 is 1.09 bits per heavy atom. The van der Waals surface area contributed by atoms with Crippen LogP contribution in [0.4, 0.5) is 5.69 Å². The fraction of sp³-hybridized carbons (Fsp3) is 0.0833. The summed E-state index contributed by atoms with van der Waals surface area (Å²) in [6.07, 6.45) is 7.78. The lowest BCUT2D eigenvalue weighted by atomic mass is 10.2. The molecule has 2 N–H and O–H groups in total. The van der Waals surface area contributed by atoms with Gasteiger partial charge >= 0.3 is 0 Å². The maximum atomic E-state index is 12.7. The number of aromatic nitrogens is 4. The molecule has 0 aliphatic rings. The predicted molar refractivity (Wildman–Crippen MR) is 125 cm³/mol. The van der Waals surface area contributed by atoms with E-state index in [0.29, 0.717) is 23.7 Å². The molecule has 0 aliphatic carbocycles. The quantitative estimate of drug-likeness (QED) is 0.416. The van der Waals surface area contributed by atoms with E-state index in [-0.39, 0.29) is 11.1 Å². The van der Waals surface area contributed by atoms with Gasteiger partial charge in [0.15, 0.2) is 5.69 Å². The maximum absolute atomic E-state index is 12.7. The number of benzene rings is 2. The van der Waals surface area contributed by atoms with E-state index in [4.69, 9.17) is 10.1 Å². The van der Waals surface area contributed by atoms with Crippen LogP contribution in [0, 0.1) is 5.41 Å². The van der Waals surface area contributed by atoms with E-state index >= 15 is 0 Å².